The van der Waals surface area contributed by atoms with Crippen molar-refractivity contribution in [1.82, 2.24) is 4.57 Å². The monoisotopic (exact) mass is 334 g/mol. The Morgan fingerprint density at radius 3 is 2.45 bits per heavy atom. The van der Waals surface area contributed by atoms with Crippen LogP contribution in [0.3, 0.4) is 0 Å². The van der Waals surface area contributed by atoms with Gasteiger partial charge < -0.3 is 9.88 Å². The van der Waals surface area contributed by atoms with E-state index in [2.05, 4.69) is 77.8 Å². The molecular formula is C17H23BrN2. The Labute approximate surface area is 130 Å². The molecule has 20 heavy (non-hydrogen) atoms. The number of hydrogen-bond acceptors (Lipinski definition) is 1. The van der Waals surface area contributed by atoms with Gasteiger partial charge in [-0.1, -0.05) is 22.9 Å². The summed E-state index contributed by atoms with van der Waals surface area (Å²) in [6.07, 6.45) is 1.04. The van der Waals surface area contributed by atoms with E-state index < -0.39 is 0 Å². The van der Waals surface area contributed by atoms with Gasteiger partial charge in [0.25, 0.3) is 0 Å². The molecule has 2 nitrogen and oxygen atoms in total. The summed E-state index contributed by atoms with van der Waals surface area (Å²) in [5.41, 5.74) is 6.68. The molecule has 0 unspecified atom stereocenters. The molecular weight excluding hydrogens is 312 g/mol. The maximum absolute atomic E-state index is 3.58. The Kier molecular flexibility index (Phi) is 4.92. The lowest BCUT2D eigenvalue weighted by atomic mass is 10.1. The van der Waals surface area contributed by atoms with E-state index in [1.165, 1.54) is 28.2 Å². The van der Waals surface area contributed by atoms with Gasteiger partial charge in [0.1, 0.15) is 0 Å². The fourth-order valence-corrected chi connectivity index (χ4v) is 3.16. The quantitative estimate of drug-likeness (QED) is 0.808. The molecule has 1 aromatic carbocycles. The average Bonchev–Trinajstić information content (AvgIpc) is 2.71. The Morgan fingerprint density at radius 2 is 1.85 bits per heavy atom. The number of nitrogens with one attached hydrogen (secondary N) is 1. The normalized spacial score (nSPS) is 10.8. The SMILES string of the molecule is CCc1cc(Br)ccc1NCc1cc(C)n(CC)c1C. The number of hydrogen-bond donors (Lipinski definition) is 1. The van der Waals surface area contributed by atoms with E-state index in [0.717, 1.165) is 24.0 Å². The summed E-state index contributed by atoms with van der Waals surface area (Å²) < 4.78 is 3.50. The van der Waals surface area contributed by atoms with E-state index >= 15 is 0 Å². The van der Waals surface area contributed by atoms with Crippen LogP contribution in [-0.2, 0) is 19.5 Å². The molecule has 1 N–H and O–H groups in total. The van der Waals surface area contributed by atoms with E-state index in [0.29, 0.717) is 0 Å². The molecule has 3 heteroatoms. The highest BCUT2D eigenvalue weighted by Crippen LogP contribution is 2.23. The van der Waals surface area contributed by atoms with Crippen LogP contribution in [0.5, 0.6) is 0 Å². The second kappa shape index (κ2) is 6.49. The molecule has 0 aliphatic heterocycles. The van der Waals surface area contributed by atoms with Crippen LogP contribution in [0.2, 0.25) is 0 Å². The van der Waals surface area contributed by atoms with Crippen LogP contribution in [0.1, 0.15) is 36.4 Å². The summed E-state index contributed by atoms with van der Waals surface area (Å²) in [5.74, 6) is 0. The highest BCUT2D eigenvalue weighted by molar-refractivity contribution is 9.10. The third-order valence-corrected chi connectivity index (χ3v) is 4.41. The summed E-state index contributed by atoms with van der Waals surface area (Å²) in [7, 11) is 0. The predicted molar refractivity (Wildman–Crippen MR) is 90.4 cm³/mol. The first-order valence-corrected chi connectivity index (χ1v) is 8.04. The predicted octanol–water partition coefficient (Wildman–Crippen LogP) is 5.06. The van der Waals surface area contributed by atoms with Crippen molar-refractivity contribution in [1.29, 1.82) is 0 Å². The lowest BCUT2D eigenvalue weighted by Gasteiger charge is -2.12. The second-order valence-corrected chi connectivity index (χ2v) is 6.06. The summed E-state index contributed by atoms with van der Waals surface area (Å²) in [4.78, 5) is 0. The summed E-state index contributed by atoms with van der Waals surface area (Å²) in [5, 5.41) is 3.58. The Morgan fingerprint density at radius 1 is 1.10 bits per heavy atom. The summed E-state index contributed by atoms with van der Waals surface area (Å²) in [6, 6.07) is 8.73. The molecule has 0 radical (unpaired) electrons. The number of nitrogens with zero attached hydrogens (tertiary/aromatic N) is 1. The number of benzene rings is 1. The number of aryl methyl sites for hydroxylation is 2. The minimum Gasteiger partial charge on any atom is -0.381 e. The summed E-state index contributed by atoms with van der Waals surface area (Å²) >= 11 is 3.54. The molecule has 0 bridgehead atoms. The van der Waals surface area contributed by atoms with E-state index in [9.17, 15) is 0 Å². The van der Waals surface area contributed by atoms with Gasteiger partial charge in [-0.2, -0.15) is 0 Å². The van der Waals surface area contributed by atoms with Gasteiger partial charge in [0.05, 0.1) is 0 Å². The average molecular weight is 335 g/mol. The van der Waals surface area contributed by atoms with Gasteiger partial charge in [0, 0.05) is 34.6 Å². The Balaban J connectivity index is 2.17. The van der Waals surface area contributed by atoms with Crippen molar-refractivity contribution >= 4 is 21.6 Å². The van der Waals surface area contributed by atoms with Gasteiger partial charge in [-0.25, -0.2) is 0 Å². The van der Waals surface area contributed by atoms with E-state index in [4.69, 9.17) is 0 Å². The van der Waals surface area contributed by atoms with Crippen LogP contribution in [0.15, 0.2) is 28.7 Å². The van der Waals surface area contributed by atoms with E-state index in [-0.39, 0.29) is 0 Å². The number of aromatic nitrogens is 1. The second-order valence-electron chi connectivity index (χ2n) is 5.15. The van der Waals surface area contributed by atoms with Gasteiger partial charge >= 0.3 is 0 Å². The molecule has 0 aliphatic rings. The van der Waals surface area contributed by atoms with Crippen molar-refractivity contribution in [3.63, 3.8) is 0 Å². The lowest BCUT2D eigenvalue weighted by molar-refractivity contribution is 0.715. The van der Waals surface area contributed by atoms with Crippen LogP contribution < -0.4 is 5.32 Å². The van der Waals surface area contributed by atoms with Crippen LogP contribution in [0.4, 0.5) is 5.69 Å². The molecule has 1 aromatic heterocycles. The summed E-state index contributed by atoms with van der Waals surface area (Å²) in [6.45, 7) is 10.7. The molecule has 0 aliphatic carbocycles. The molecule has 0 atom stereocenters. The number of anilines is 1. The fourth-order valence-electron chi connectivity index (χ4n) is 2.76. The van der Waals surface area contributed by atoms with Crippen LogP contribution in [0.25, 0.3) is 0 Å². The maximum atomic E-state index is 3.58. The van der Waals surface area contributed by atoms with Crippen molar-refractivity contribution in [2.75, 3.05) is 5.32 Å². The van der Waals surface area contributed by atoms with Crippen molar-refractivity contribution in [3.8, 4) is 0 Å². The first kappa shape index (κ1) is 15.2. The van der Waals surface area contributed by atoms with E-state index in [1.54, 1.807) is 0 Å². The van der Waals surface area contributed by atoms with Crippen molar-refractivity contribution in [3.05, 3.63) is 51.3 Å². The Hall–Kier alpha value is -1.22. The molecule has 0 fully saturated rings. The minimum absolute atomic E-state index is 0.883. The number of halogens is 1. The standard InChI is InChI=1S/C17H23BrN2/c1-5-14-10-16(18)7-8-17(14)19-11-15-9-12(3)20(6-2)13(15)4/h7-10,19H,5-6,11H2,1-4H3. The molecule has 0 saturated heterocycles. The zero-order valence-electron chi connectivity index (χ0n) is 12.8. The van der Waals surface area contributed by atoms with Crippen molar-refractivity contribution in [2.45, 2.75) is 47.2 Å². The van der Waals surface area contributed by atoms with Crippen molar-refractivity contribution < 1.29 is 0 Å². The highest BCUT2D eigenvalue weighted by atomic mass is 79.9. The first-order valence-electron chi connectivity index (χ1n) is 7.24. The zero-order valence-corrected chi connectivity index (χ0v) is 14.3. The third-order valence-electron chi connectivity index (χ3n) is 3.91. The lowest BCUT2D eigenvalue weighted by Crippen LogP contribution is -2.04. The maximum Gasteiger partial charge on any atom is 0.0418 e. The van der Waals surface area contributed by atoms with Gasteiger partial charge in [-0.15, -0.1) is 0 Å². The van der Waals surface area contributed by atoms with Gasteiger partial charge in [-0.05, 0) is 62.6 Å². The largest absolute Gasteiger partial charge is 0.381 e. The fraction of sp³-hybridized carbons (Fsp3) is 0.412. The highest BCUT2D eigenvalue weighted by Gasteiger charge is 2.08. The van der Waals surface area contributed by atoms with Gasteiger partial charge in [0.2, 0.25) is 0 Å². The van der Waals surface area contributed by atoms with Gasteiger partial charge in [-0.3, -0.25) is 0 Å². The molecule has 2 aromatic rings. The topological polar surface area (TPSA) is 17.0 Å². The van der Waals surface area contributed by atoms with Crippen LogP contribution >= 0.6 is 15.9 Å². The van der Waals surface area contributed by atoms with Gasteiger partial charge in [0.15, 0.2) is 0 Å². The van der Waals surface area contributed by atoms with Crippen molar-refractivity contribution in [2.24, 2.45) is 0 Å². The van der Waals surface area contributed by atoms with Crippen LogP contribution in [-0.4, -0.2) is 4.57 Å². The van der Waals surface area contributed by atoms with Crippen LogP contribution in [0, 0.1) is 13.8 Å². The number of rotatable bonds is 5. The molecule has 0 amide bonds. The molecule has 1 heterocycles. The van der Waals surface area contributed by atoms with E-state index in [1.807, 2.05) is 0 Å². The molecule has 0 saturated carbocycles. The Bertz CT molecular complexity index is 599. The third kappa shape index (κ3) is 3.09. The molecule has 2 rings (SSSR count). The smallest absolute Gasteiger partial charge is 0.0418 e. The minimum atomic E-state index is 0.883. The molecule has 0 spiro atoms. The first-order chi connectivity index (χ1) is 9.56. The zero-order chi connectivity index (χ0) is 14.7. The molecule has 108 valence electrons.